The van der Waals surface area contributed by atoms with Crippen molar-refractivity contribution >= 4 is 41.8 Å². The van der Waals surface area contributed by atoms with E-state index in [1.54, 1.807) is 0 Å². The fourth-order valence-electron chi connectivity index (χ4n) is 1.73. The fraction of sp³-hybridized carbons (Fsp3) is 0.300. The third-order valence-corrected chi connectivity index (χ3v) is 3.03. The van der Waals surface area contributed by atoms with Crippen LogP contribution in [-0.4, -0.2) is 33.8 Å². The van der Waals surface area contributed by atoms with Crippen LogP contribution in [0.2, 0.25) is 5.15 Å². The normalized spacial score (nSPS) is 19.8. The molecule has 2 rings (SSSR count). The van der Waals surface area contributed by atoms with Crippen molar-refractivity contribution in [1.82, 2.24) is 4.98 Å². The van der Waals surface area contributed by atoms with E-state index in [1.807, 2.05) is 0 Å². The Bertz CT molecular complexity index is 494. The molecule has 1 aromatic heterocycles. The summed E-state index contributed by atoms with van der Waals surface area (Å²) in [6.07, 6.45) is 1.60. The van der Waals surface area contributed by atoms with Crippen molar-refractivity contribution in [2.45, 2.75) is 11.7 Å². The second-order valence-electron chi connectivity index (χ2n) is 3.69. The van der Waals surface area contributed by atoms with Crippen molar-refractivity contribution in [2.75, 3.05) is 11.4 Å². The van der Waals surface area contributed by atoms with Gasteiger partial charge in [-0.3, -0.25) is 4.79 Å². The lowest BCUT2D eigenvalue weighted by atomic mass is 10.2. The van der Waals surface area contributed by atoms with Gasteiger partial charge in [0.05, 0.1) is 17.4 Å². The zero-order valence-corrected chi connectivity index (χ0v) is 10.3. The number of carbonyl (C=O) groups is 2. The first-order chi connectivity index (χ1) is 7.99. The van der Waals surface area contributed by atoms with Crippen LogP contribution in [0, 0.1) is 0 Å². The largest absolute Gasteiger partial charge is 0.478 e. The van der Waals surface area contributed by atoms with Gasteiger partial charge in [-0.1, -0.05) is 11.6 Å². The van der Waals surface area contributed by atoms with Crippen LogP contribution in [0.5, 0.6) is 0 Å². The number of rotatable bonds is 2. The van der Waals surface area contributed by atoms with Gasteiger partial charge in [0.25, 0.3) is 0 Å². The van der Waals surface area contributed by atoms with Crippen molar-refractivity contribution < 1.29 is 14.7 Å². The average Bonchev–Trinajstić information content (AvgIpc) is 2.57. The Morgan fingerprint density at radius 3 is 2.88 bits per heavy atom. The highest BCUT2D eigenvalue weighted by Crippen LogP contribution is 2.28. The molecule has 7 heteroatoms. The smallest absolute Gasteiger partial charge is 0.337 e. The van der Waals surface area contributed by atoms with E-state index in [9.17, 15) is 9.59 Å². The van der Waals surface area contributed by atoms with Crippen molar-refractivity contribution in [3.63, 3.8) is 0 Å². The first kappa shape index (κ1) is 12.2. The molecule has 5 nitrogen and oxygen atoms in total. The molecule has 0 aromatic carbocycles. The topological polar surface area (TPSA) is 70.5 Å². The number of hydrogen-bond acceptors (Lipinski definition) is 4. The van der Waals surface area contributed by atoms with Crippen LogP contribution >= 0.6 is 24.2 Å². The number of hydrogen-bond donors (Lipinski definition) is 2. The molecule has 1 unspecified atom stereocenters. The number of carbonyl (C=O) groups excluding carboxylic acids is 1. The quantitative estimate of drug-likeness (QED) is 0.632. The van der Waals surface area contributed by atoms with Crippen LogP contribution in [0.15, 0.2) is 12.3 Å². The average molecular weight is 273 g/mol. The van der Waals surface area contributed by atoms with E-state index >= 15 is 0 Å². The minimum Gasteiger partial charge on any atom is -0.478 e. The molecule has 0 saturated carbocycles. The minimum atomic E-state index is -1.14. The summed E-state index contributed by atoms with van der Waals surface area (Å²) in [6.45, 7) is 0.380. The molecule has 0 aliphatic carbocycles. The SMILES string of the molecule is O=C(O)c1cc(Cl)ncc1N1CC(S)CC1=O. The molecule has 2 heterocycles. The Morgan fingerprint density at radius 1 is 1.65 bits per heavy atom. The van der Waals surface area contributed by atoms with Gasteiger partial charge >= 0.3 is 5.97 Å². The highest BCUT2D eigenvalue weighted by atomic mass is 35.5. The monoisotopic (exact) mass is 272 g/mol. The molecule has 0 spiro atoms. The van der Waals surface area contributed by atoms with Gasteiger partial charge in [0.2, 0.25) is 5.91 Å². The van der Waals surface area contributed by atoms with Crippen LogP contribution in [0.3, 0.4) is 0 Å². The zero-order chi connectivity index (χ0) is 12.6. The Hall–Kier alpha value is -1.27. The number of nitrogens with zero attached hydrogens (tertiary/aromatic N) is 2. The summed E-state index contributed by atoms with van der Waals surface area (Å²) in [5.74, 6) is -1.30. The number of amides is 1. The first-order valence-electron chi connectivity index (χ1n) is 4.86. The highest BCUT2D eigenvalue weighted by molar-refractivity contribution is 7.81. The van der Waals surface area contributed by atoms with Gasteiger partial charge in [-0.25, -0.2) is 9.78 Å². The predicted molar refractivity (Wildman–Crippen MR) is 66.0 cm³/mol. The number of carboxylic acids is 1. The number of aromatic nitrogens is 1. The molecule has 1 amide bonds. The van der Waals surface area contributed by atoms with Gasteiger partial charge < -0.3 is 10.0 Å². The Kier molecular flexibility index (Phi) is 3.26. The molecule has 1 N–H and O–H groups in total. The molecule has 0 bridgehead atoms. The Labute approximate surface area is 108 Å². The first-order valence-corrected chi connectivity index (χ1v) is 5.75. The fourth-order valence-corrected chi connectivity index (χ4v) is 2.21. The maximum Gasteiger partial charge on any atom is 0.337 e. The molecule has 1 fully saturated rings. The number of halogens is 1. The summed E-state index contributed by atoms with van der Waals surface area (Å²) < 4.78 is 0. The van der Waals surface area contributed by atoms with Gasteiger partial charge in [-0.05, 0) is 6.07 Å². The second-order valence-corrected chi connectivity index (χ2v) is 4.81. The maximum atomic E-state index is 11.7. The molecule has 0 radical (unpaired) electrons. The number of anilines is 1. The number of carboxylic acid groups (broad SMARTS) is 1. The minimum absolute atomic E-state index is 0.0271. The zero-order valence-electron chi connectivity index (χ0n) is 8.63. The van der Waals surface area contributed by atoms with Crippen LogP contribution < -0.4 is 4.90 Å². The number of aromatic carboxylic acids is 1. The van der Waals surface area contributed by atoms with Crippen LogP contribution in [-0.2, 0) is 4.79 Å². The summed E-state index contributed by atoms with van der Waals surface area (Å²) in [7, 11) is 0. The predicted octanol–water partition coefficient (Wildman–Crippen LogP) is 1.47. The van der Waals surface area contributed by atoms with Gasteiger partial charge in [0.1, 0.15) is 5.15 Å². The lowest BCUT2D eigenvalue weighted by Crippen LogP contribution is -2.26. The Morgan fingerprint density at radius 2 is 2.35 bits per heavy atom. The molecule has 1 aliphatic rings. The summed E-state index contributed by atoms with van der Waals surface area (Å²) in [5.41, 5.74) is 0.240. The van der Waals surface area contributed by atoms with E-state index in [-0.39, 0.29) is 27.6 Å². The summed E-state index contributed by atoms with van der Waals surface area (Å²) in [5, 5.41) is 9.06. The summed E-state index contributed by atoms with van der Waals surface area (Å²) >= 11 is 9.85. The van der Waals surface area contributed by atoms with Crippen LogP contribution in [0.4, 0.5) is 5.69 Å². The second kappa shape index (κ2) is 4.54. The van der Waals surface area contributed by atoms with E-state index in [2.05, 4.69) is 17.6 Å². The van der Waals surface area contributed by atoms with Gasteiger partial charge in [-0.2, -0.15) is 12.6 Å². The molecular formula is C10H9ClN2O3S. The maximum absolute atomic E-state index is 11.7. The molecule has 1 aromatic rings. The van der Waals surface area contributed by atoms with E-state index in [0.29, 0.717) is 13.0 Å². The van der Waals surface area contributed by atoms with Crippen LogP contribution in [0.1, 0.15) is 16.8 Å². The summed E-state index contributed by atoms with van der Waals surface area (Å²) in [4.78, 5) is 27.9. The third-order valence-electron chi connectivity index (χ3n) is 2.48. The highest BCUT2D eigenvalue weighted by Gasteiger charge is 2.31. The van der Waals surface area contributed by atoms with Gasteiger partial charge in [-0.15, -0.1) is 0 Å². The van der Waals surface area contributed by atoms with E-state index in [0.717, 1.165) is 0 Å². The molecular weight excluding hydrogens is 264 g/mol. The Balaban J connectivity index is 2.45. The number of thiol groups is 1. The van der Waals surface area contributed by atoms with Crippen LogP contribution in [0.25, 0.3) is 0 Å². The standard InChI is InChI=1S/C10H9ClN2O3S/c11-8-2-6(10(15)16)7(3-12-8)13-4-5(17)1-9(13)14/h2-3,5,17H,1,4H2,(H,15,16). The van der Waals surface area contributed by atoms with Crippen molar-refractivity contribution in [2.24, 2.45) is 0 Å². The molecule has 17 heavy (non-hydrogen) atoms. The van der Waals surface area contributed by atoms with Crippen molar-refractivity contribution in [1.29, 1.82) is 0 Å². The summed E-state index contributed by atoms with van der Waals surface area (Å²) in [6, 6.07) is 1.23. The van der Waals surface area contributed by atoms with Crippen molar-refractivity contribution in [3.05, 3.63) is 23.0 Å². The molecule has 1 atom stereocenters. The molecule has 1 aliphatic heterocycles. The van der Waals surface area contributed by atoms with Crippen molar-refractivity contribution in [3.8, 4) is 0 Å². The van der Waals surface area contributed by atoms with E-state index in [4.69, 9.17) is 16.7 Å². The lowest BCUT2D eigenvalue weighted by molar-refractivity contribution is -0.117. The third kappa shape index (κ3) is 2.37. The number of pyridine rings is 1. The van der Waals surface area contributed by atoms with E-state index < -0.39 is 5.97 Å². The van der Waals surface area contributed by atoms with E-state index in [1.165, 1.54) is 17.2 Å². The lowest BCUT2D eigenvalue weighted by Gasteiger charge is -2.17. The molecule has 90 valence electrons. The van der Waals surface area contributed by atoms with Gasteiger partial charge in [0.15, 0.2) is 0 Å². The van der Waals surface area contributed by atoms with Gasteiger partial charge in [0, 0.05) is 18.2 Å². The molecule has 1 saturated heterocycles.